The minimum absolute atomic E-state index is 0.130. The maximum absolute atomic E-state index is 12.4. The molecule has 0 saturated carbocycles. The van der Waals surface area contributed by atoms with Crippen molar-refractivity contribution in [1.82, 2.24) is 10.3 Å². The third-order valence-electron chi connectivity index (χ3n) is 3.56. The number of nitrogens with one attached hydrogen (secondary N) is 1. The average Bonchev–Trinajstić information content (AvgIpc) is 3.21. The van der Waals surface area contributed by atoms with Gasteiger partial charge in [0.1, 0.15) is 5.75 Å². The second-order valence-corrected chi connectivity index (χ2v) is 7.63. The zero-order chi connectivity index (χ0) is 17.1. The molecule has 0 aliphatic carbocycles. The molecule has 1 N–H and O–H groups in total. The maximum atomic E-state index is 12.4. The Bertz CT molecular complexity index is 868. The third-order valence-corrected chi connectivity index (χ3v) is 5.44. The lowest BCUT2D eigenvalue weighted by molar-refractivity contribution is 0.0948. The van der Waals surface area contributed by atoms with Crippen LogP contribution in [0.4, 0.5) is 0 Å². The van der Waals surface area contributed by atoms with E-state index in [1.165, 1.54) is 0 Å². The Balaban J connectivity index is 1.69. The fourth-order valence-electron chi connectivity index (χ4n) is 2.35. The van der Waals surface area contributed by atoms with Gasteiger partial charge in [0.15, 0.2) is 0 Å². The second-order valence-electron chi connectivity index (χ2n) is 5.40. The highest BCUT2D eigenvalue weighted by Crippen LogP contribution is 2.29. The Morgan fingerprint density at radius 2 is 2.08 bits per heavy atom. The zero-order valence-corrected chi connectivity index (χ0v) is 15.4. The number of benzene rings is 1. The van der Waals surface area contributed by atoms with Gasteiger partial charge in [-0.3, -0.25) is 4.79 Å². The van der Waals surface area contributed by atoms with Crippen LogP contribution in [0.15, 0.2) is 35.7 Å². The van der Waals surface area contributed by atoms with Gasteiger partial charge in [-0.05, 0) is 38.1 Å². The van der Waals surface area contributed by atoms with Crippen LogP contribution in [-0.4, -0.2) is 18.0 Å². The normalized spacial score (nSPS) is 10.6. The number of ether oxygens (including phenoxy) is 1. The molecule has 124 valence electrons. The van der Waals surface area contributed by atoms with E-state index in [0.717, 1.165) is 26.0 Å². The van der Waals surface area contributed by atoms with Crippen LogP contribution in [-0.2, 0) is 6.54 Å². The number of thiazole rings is 1. The van der Waals surface area contributed by atoms with Gasteiger partial charge in [0, 0.05) is 10.3 Å². The van der Waals surface area contributed by atoms with E-state index >= 15 is 0 Å². The van der Waals surface area contributed by atoms with E-state index in [4.69, 9.17) is 4.74 Å². The molecule has 0 saturated heterocycles. The number of carbonyl (C=O) groups is 1. The van der Waals surface area contributed by atoms with Crippen LogP contribution in [0.3, 0.4) is 0 Å². The first kappa shape index (κ1) is 16.7. The van der Waals surface area contributed by atoms with Gasteiger partial charge in [0.25, 0.3) is 5.91 Å². The molecule has 24 heavy (non-hydrogen) atoms. The van der Waals surface area contributed by atoms with Gasteiger partial charge in [-0.1, -0.05) is 11.6 Å². The molecule has 0 atom stereocenters. The van der Waals surface area contributed by atoms with E-state index in [-0.39, 0.29) is 5.91 Å². The van der Waals surface area contributed by atoms with E-state index in [1.54, 1.807) is 29.8 Å². The largest absolute Gasteiger partial charge is 0.496 e. The Labute approximate surface area is 149 Å². The molecule has 6 heteroatoms. The summed E-state index contributed by atoms with van der Waals surface area (Å²) >= 11 is 3.29. The maximum Gasteiger partial charge on any atom is 0.255 e. The molecule has 0 radical (unpaired) electrons. The van der Waals surface area contributed by atoms with Crippen LogP contribution in [0, 0.1) is 13.8 Å². The van der Waals surface area contributed by atoms with Gasteiger partial charge in [0.05, 0.1) is 34.8 Å². The summed E-state index contributed by atoms with van der Waals surface area (Å²) in [5.41, 5.74) is 2.59. The number of hydrogen-bond donors (Lipinski definition) is 1. The molecule has 0 unspecified atom stereocenters. The van der Waals surface area contributed by atoms with Crippen molar-refractivity contribution in [2.45, 2.75) is 20.4 Å². The molecule has 0 bridgehead atoms. The summed E-state index contributed by atoms with van der Waals surface area (Å²) in [6.45, 7) is 4.44. The third kappa shape index (κ3) is 3.66. The first-order chi connectivity index (χ1) is 11.6. The molecular formula is C18H18N2O2S2. The number of nitrogens with zero attached hydrogens (tertiary/aromatic N) is 1. The average molecular weight is 358 g/mol. The molecule has 0 aliphatic rings. The predicted molar refractivity (Wildman–Crippen MR) is 99.1 cm³/mol. The second kappa shape index (κ2) is 7.15. The molecule has 2 heterocycles. The number of methoxy groups -OCH3 is 1. The lowest BCUT2D eigenvalue weighted by Gasteiger charge is -2.09. The zero-order valence-electron chi connectivity index (χ0n) is 13.8. The van der Waals surface area contributed by atoms with Gasteiger partial charge in [-0.25, -0.2) is 4.98 Å². The Morgan fingerprint density at radius 3 is 2.79 bits per heavy atom. The number of thiophene rings is 1. The number of aromatic nitrogens is 1. The molecule has 0 fully saturated rings. The van der Waals surface area contributed by atoms with Crippen molar-refractivity contribution in [2.75, 3.05) is 7.11 Å². The monoisotopic (exact) mass is 358 g/mol. The standard InChI is InChI=1S/C18H18N2O2S2/c1-11-4-6-16(22-3)14(8-11)18(21)19-9-13-5-7-17(24-13)15-10-23-12(2)20-15/h4-8,10H,9H2,1-3H3,(H,19,21). The highest BCUT2D eigenvalue weighted by Gasteiger charge is 2.13. The number of aryl methyl sites for hydroxylation is 2. The van der Waals surface area contributed by atoms with Gasteiger partial charge in [0.2, 0.25) is 0 Å². The van der Waals surface area contributed by atoms with E-state index in [1.807, 2.05) is 44.2 Å². The lowest BCUT2D eigenvalue weighted by atomic mass is 10.1. The molecule has 4 nitrogen and oxygen atoms in total. The summed E-state index contributed by atoms with van der Waals surface area (Å²) in [5.74, 6) is 0.456. The van der Waals surface area contributed by atoms with Crippen molar-refractivity contribution in [2.24, 2.45) is 0 Å². The summed E-state index contributed by atoms with van der Waals surface area (Å²) in [5, 5.41) is 6.07. The first-order valence-corrected chi connectivity index (χ1v) is 9.20. The van der Waals surface area contributed by atoms with Gasteiger partial charge >= 0.3 is 0 Å². The first-order valence-electron chi connectivity index (χ1n) is 7.51. The smallest absolute Gasteiger partial charge is 0.255 e. The van der Waals surface area contributed by atoms with Crippen LogP contribution in [0.2, 0.25) is 0 Å². The minimum Gasteiger partial charge on any atom is -0.496 e. The predicted octanol–water partition coefficient (Wildman–Crippen LogP) is 4.43. The highest BCUT2D eigenvalue weighted by molar-refractivity contribution is 7.16. The summed E-state index contributed by atoms with van der Waals surface area (Å²) in [6, 6.07) is 9.66. The van der Waals surface area contributed by atoms with Crippen LogP contribution in [0.25, 0.3) is 10.6 Å². The van der Waals surface area contributed by atoms with Crippen LogP contribution in [0.5, 0.6) is 5.75 Å². The minimum atomic E-state index is -0.130. The van der Waals surface area contributed by atoms with Gasteiger partial charge in [-0.2, -0.15) is 0 Å². The van der Waals surface area contributed by atoms with E-state index in [2.05, 4.69) is 15.7 Å². The lowest BCUT2D eigenvalue weighted by Crippen LogP contribution is -2.23. The van der Waals surface area contributed by atoms with Crippen LogP contribution in [0.1, 0.15) is 25.8 Å². The summed E-state index contributed by atoms with van der Waals surface area (Å²) in [6.07, 6.45) is 0. The van der Waals surface area contributed by atoms with E-state index < -0.39 is 0 Å². The number of carbonyl (C=O) groups excluding carboxylic acids is 1. The summed E-state index contributed by atoms with van der Waals surface area (Å²) in [7, 11) is 1.57. The van der Waals surface area contributed by atoms with Crippen molar-refractivity contribution in [3.05, 3.63) is 56.7 Å². The topological polar surface area (TPSA) is 51.2 Å². The molecule has 3 aromatic rings. The van der Waals surface area contributed by atoms with E-state index in [9.17, 15) is 4.79 Å². The fraction of sp³-hybridized carbons (Fsp3) is 0.222. The van der Waals surface area contributed by atoms with Crippen molar-refractivity contribution in [3.8, 4) is 16.3 Å². The molecule has 1 amide bonds. The summed E-state index contributed by atoms with van der Waals surface area (Å²) < 4.78 is 5.27. The fourth-order valence-corrected chi connectivity index (χ4v) is 3.94. The van der Waals surface area contributed by atoms with E-state index in [0.29, 0.717) is 17.9 Å². The Hall–Kier alpha value is -2.18. The van der Waals surface area contributed by atoms with Crippen molar-refractivity contribution in [3.63, 3.8) is 0 Å². The highest BCUT2D eigenvalue weighted by atomic mass is 32.1. The molecule has 3 rings (SSSR count). The Kier molecular flexibility index (Phi) is 4.97. The molecule has 2 aromatic heterocycles. The Morgan fingerprint density at radius 1 is 1.25 bits per heavy atom. The van der Waals surface area contributed by atoms with Gasteiger partial charge in [-0.15, -0.1) is 22.7 Å². The number of rotatable bonds is 5. The van der Waals surface area contributed by atoms with Crippen LogP contribution < -0.4 is 10.1 Å². The van der Waals surface area contributed by atoms with Crippen molar-refractivity contribution < 1.29 is 9.53 Å². The van der Waals surface area contributed by atoms with Crippen molar-refractivity contribution >= 4 is 28.6 Å². The molecular weight excluding hydrogens is 340 g/mol. The number of hydrogen-bond acceptors (Lipinski definition) is 5. The SMILES string of the molecule is COc1ccc(C)cc1C(=O)NCc1ccc(-c2csc(C)n2)s1. The van der Waals surface area contributed by atoms with Gasteiger partial charge < -0.3 is 10.1 Å². The molecule has 0 spiro atoms. The number of amides is 1. The quantitative estimate of drug-likeness (QED) is 0.734. The molecule has 0 aliphatic heterocycles. The van der Waals surface area contributed by atoms with Crippen LogP contribution >= 0.6 is 22.7 Å². The van der Waals surface area contributed by atoms with Crippen molar-refractivity contribution in [1.29, 1.82) is 0 Å². The molecule has 1 aromatic carbocycles. The summed E-state index contributed by atoms with van der Waals surface area (Å²) in [4.78, 5) is 19.1.